The van der Waals surface area contributed by atoms with Gasteiger partial charge in [0.1, 0.15) is 12.4 Å². The van der Waals surface area contributed by atoms with Crippen LogP contribution in [-0.2, 0) is 4.79 Å². The summed E-state index contributed by atoms with van der Waals surface area (Å²) in [6, 6.07) is 19.8. The third-order valence-electron chi connectivity index (χ3n) is 5.87. The zero-order valence-corrected chi connectivity index (χ0v) is 20.4. The first kappa shape index (κ1) is 23.8. The smallest absolute Gasteiger partial charge is 0.234 e. The van der Waals surface area contributed by atoms with Gasteiger partial charge < -0.3 is 10.1 Å². The van der Waals surface area contributed by atoms with Gasteiger partial charge in [0.25, 0.3) is 0 Å². The van der Waals surface area contributed by atoms with E-state index < -0.39 is 0 Å². The molecule has 4 rings (SSSR count). The minimum atomic E-state index is -0.107. The maximum atomic E-state index is 12.9. The average molecular weight is 484 g/mol. The molecule has 1 unspecified atom stereocenters. The number of nitrogens with zero attached hydrogens (tertiary/aromatic N) is 2. The van der Waals surface area contributed by atoms with Crippen LogP contribution in [-0.4, -0.2) is 61.6 Å². The van der Waals surface area contributed by atoms with Gasteiger partial charge in [-0.25, -0.2) is 0 Å². The van der Waals surface area contributed by atoms with Crippen molar-refractivity contribution in [3.63, 3.8) is 0 Å². The number of piperazine rings is 1. The number of hydrogen-bond acceptors (Lipinski definition) is 5. The van der Waals surface area contributed by atoms with E-state index in [1.165, 1.54) is 5.56 Å². The summed E-state index contributed by atoms with van der Waals surface area (Å²) in [6.45, 7) is 7.63. The van der Waals surface area contributed by atoms with Crippen molar-refractivity contribution in [3.8, 4) is 5.75 Å². The molecule has 1 saturated heterocycles. The predicted molar refractivity (Wildman–Crippen MR) is 135 cm³/mol. The van der Waals surface area contributed by atoms with Crippen LogP contribution in [0.4, 0.5) is 0 Å². The second-order valence-corrected chi connectivity index (χ2v) is 9.76. The number of halogens is 1. The zero-order chi connectivity index (χ0) is 23.0. The molecule has 1 N–H and O–H groups in total. The van der Waals surface area contributed by atoms with E-state index >= 15 is 0 Å². The number of carbonyl (C=O) groups excluding carboxylic acids is 1. The zero-order valence-electron chi connectivity index (χ0n) is 18.9. The van der Waals surface area contributed by atoms with Crippen LogP contribution in [0.15, 0.2) is 66.0 Å². The number of amides is 1. The van der Waals surface area contributed by atoms with Crippen molar-refractivity contribution in [2.24, 2.45) is 0 Å². The van der Waals surface area contributed by atoms with E-state index in [1.54, 1.807) is 11.3 Å². The van der Waals surface area contributed by atoms with Crippen molar-refractivity contribution in [3.05, 3.63) is 87.1 Å². The topological polar surface area (TPSA) is 44.8 Å². The van der Waals surface area contributed by atoms with E-state index in [2.05, 4.69) is 57.8 Å². The summed E-state index contributed by atoms with van der Waals surface area (Å²) in [5.74, 6) is 0.900. The SMILES string of the molecule is Cc1ccc(C(NC(=O)CN2CCN(CCOc3ccc(Cl)cc3)CC2)c2cccs2)cc1. The molecule has 7 heteroatoms. The lowest BCUT2D eigenvalue weighted by molar-refractivity contribution is -0.123. The molecule has 0 radical (unpaired) electrons. The van der Waals surface area contributed by atoms with Gasteiger partial charge in [0, 0.05) is 42.6 Å². The van der Waals surface area contributed by atoms with E-state index in [0.29, 0.717) is 18.2 Å². The molecule has 174 valence electrons. The maximum absolute atomic E-state index is 12.9. The van der Waals surface area contributed by atoms with Gasteiger partial charge in [0.15, 0.2) is 0 Å². The number of thiophene rings is 1. The second-order valence-electron chi connectivity index (χ2n) is 8.35. The first-order valence-corrected chi connectivity index (χ1v) is 12.5. The average Bonchev–Trinajstić information content (AvgIpc) is 3.35. The van der Waals surface area contributed by atoms with Gasteiger partial charge in [-0.2, -0.15) is 0 Å². The number of hydrogen-bond donors (Lipinski definition) is 1. The van der Waals surface area contributed by atoms with Crippen LogP contribution in [0.3, 0.4) is 0 Å². The Bertz CT molecular complexity index is 1000. The highest BCUT2D eigenvalue weighted by molar-refractivity contribution is 7.10. The third kappa shape index (κ3) is 7.05. The summed E-state index contributed by atoms with van der Waals surface area (Å²) in [5, 5.41) is 6.02. The van der Waals surface area contributed by atoms with Crippen LogP contribution < -0.4 is 10.1 Å². The largest absolute Gasteiger partial charge is 0.492 e. The van der Waals surface area contributed by atoms with Gasteiger partial charge >= 0.3 is 0 Å². The Morgan fingerprint density at radius 2 is 1.73 bits per heavy atom. The fourth-order valence-corrected chi connectivity index (χ4v) is 4.87. The molecule has 1 atom stereocenters. The van der Waals surface area contributed by atoms with Crippen LogP contribution in [0.2, 0.25) is 5.02 Å². The number of ether oxygens (including phenoxy) is 1. The van der Waals surface area contributed by atoms with Crippen molar-refractivity contribution in [2.45, 2.75) is 13.0 Å². The summed E-state index contributed by atoms with van der Waals surface area (Å²) in [5.41, 5.74) is 2.33. The standard InChI is InChI=1S/C26H30ClN3O2S/c1-20-4-6-21(7-5-20)26(24-3-2-18-33-24)28-25(31)19-30-14-12-29(13-15-30)16-17-32-23-10-8-22(27)9-11-23/h2-11,18,26H,12-17,19H2,1H3,(H,28,31). The lowest BCUT2D eigenvalue weighted by Gasteiger charge is -2.34. The second kappa shape index (κ2) is 11.7. The molecule has 0 bridgehead atoms. The molecule has 3 aromatic rings. The summed E-state index contributed by atoms with van der Waals surface area (Å²) in [7, 11) is 0. The molecule has 0 aliphatic carbocycles. The number of nitrogens with one attached hydrogen (secondary N) is 1. The molecule has 1 amide bonds. The number of benzene rings is 2. The summed E-state index contributed by atoms with van der Waals surface area (Å²) < 4.78 is 5.81. The van der Waals surface area contributed by atoms with Gasteiger partial charge in [-0.05, 0) is 48.2 Å². The molecule has 0 spiro atoms. The Hall–Kier alpha value is -2.38. The van der Waals surface area contributed by atoms with Gasteiger partial charge in [-0.1, -0.05) is 47.5 Å². The Kier molecular flexibility index (Phi) is 8.40. The van der Waals surface area contributed by atoms with Gasteiger partial charge in [0.05, 0.1) is 12.6 Å². The lowest BCUT2D eigenvalue weighted by atomic mass is 10.0. The Balaban J connectivity index is 1.22. The molecular formula is C26H30ClN3O2S. The van der Waals surface area contributed by atoms with Crippen LogP contribution in [0.25, 0.3) is 0 Å². The Morgan fingerprint density at radius 1 is 1.03 bits per heavy atom. The molecule has 5 nitrogen and oxygen atoms in total. The highest BCUT2D eigenvalue weighted by atomic mass is 35.5. The van der Waals surface area contributed by atoms with Crippen molar-refractivity contribution in [2.75, 3.05) is 45.9 Å². The molecule has 1 aromatic heterocycles. The summed E-state index contributed by atoms with van der Waals surface area (Å²) in [4.78, 5) is 18.7. The molecule has 2 aromatic carbocycles. The molecule has 1 aliphatic rings. The number of carbonyl (C=O) groups is 1. The minimum absolute atomic E-state index is 0.0634. The predicted octanol–water partition coefficient (Wildman–Crippen LogP) is 4.61. The van der Waals surface area contributed by atoms with Crippen LogP contribution in [0, 0.1) is 6.92 Å². The van der Waals surface area contributed by atoms with Crippen molar-refractivity contribution < 1.29 is 9.53 Å². The number of aryl methyl sites for hydroxylation is 1. The van der Waals surface area contributed by atoms with E-state index in [0.717, 1.165) is 48.9 Å². The van der Waals surface area contributed by atoms with E-state index in [4.69, 9.17) is 16.3 Å². The highest BCUT2D eigenvalue weighted by Crippen LogP contribution is 2.26. The highest BCUT2D eigenvalue weighted by Gasteiger charge is 2.22. The summed E-state index contributed by atoms with van der Waals surface area (Å²) in [6.07, 6.45) is 0. The molecule has 33 heavy (non-hydrogen) atoms. The maximum Gasteiger partial charge on any atom is 0.234 e. The Morgan fingerprint density at radius 3 is 2.39 bits per heavy atom. The van der Waals surface area contributed by atoms with Crippen molar-refractivity contribution in [1.82, 2.24) is 15.1 Å². The molecular weight excluding hydrogens is 454 g/mol. The first-order chi connectivity index (χ1) is 16.1. The molecule has 1 fully saturated rings. The van der Waals surface area contributed by atoms with E-state index in [9.17, 15) is 4.79 Å². The van der Waals surface area contributed by atoms with Gasteiger partial charge in [-0.3, -0.25) is 14.6 Å². The van der Waals surface area contributed by atoms with Crippen molar-refractivity contribution >= 4 is 28.8 Å². The third-order valence-corrected chi connectivity index (χ3v) is 7.05. The van der Waals surface area contributed by atoms with Crippen LogP contribution >= 0.6 is 22.9 Å². The quantitative estimate of drug-likeness (QED) is 0.482. The number of rotatable bonds is 9. The van der Waals surface area contributed by atoms with Crippen LogP contribution in [0.1, 0.15) is 22.0 Å². The fourth-order valence-electron chi connectivity index (χ4n) is 3.94. The van der Waals surface area contributed by atoms with Crippen molar-refractivity contribution in [1.29, 1.82) is 0 Å². The molecule has 0 saturated carbocycles. The summed E-state index contributed by atoms with van der Waals surface area (Å²) >= 11 is 7.58. The van der Waals surface area contributed by atoms with E-state index in [-0.39, 0.29) is 11.9 Å². The molecule has 2 heterocycles. The minimum Gasteiger partial charge on any atom is -0.492 e. The monoisotopic (exact) mass is 483 g/mol. The van der Waals surface area contributed by atoms with Gasteiger partial charge in [-0.15, -0.1) is 11.3 Å². The Labute approximate surface area is 204 Å². The van der Waals surface area contributed by atoms with E-state index in [1.807, 2.05) is 30.3 Å². The van der Waals surface area contributed by atoms with Gasteiger partial charge in [0.2, 0.25) is 5.91 Å². The molecule has 1 aliphatic heterocycles. The fraction of sp³-hybridized carbons (Fsp3) is 0.346. The lowest BCUT2D eigenvalue weighted by Crippen LogP contribution is -2.50. The van der Waals surface area contributed by atoms with Crippen LogP contribution in [0.5, 0.6) is 5.75 Å². The normalized spacial score (nSPS) is 15.8. The first-order valence-electron chi connectivity index (χ1n) is 11.3.